The highest BCUT2D eigenvalue weighted by atomic mass is 19.4. The molecule has 0 atom stereocenters. The topological polar surface area (TPSA) is 29.3 Å². The molecule has 5 heteroatoms. The number of nitrogen functional groups attached to an aromatic ring is 1. The van der Waals surface area contributed by atoms with Crippen molar-refractivity contribution in [1.29, 1.82) is 0 Å². The number of nitrogens with zero attached hydrogens (tertiary/aromatic N) is 1. The van der Waals surface area contributed by atoms with Gasteiger partial charge in [-0.15, -0.1) is 0 Å². The smallest absolute Gasteiger partial charge is 0.399 e. The van der Waals surface area contributed by atoms with Gasteiger partial charge in [0.25, 0.3) is 0 Å². The van der Waals surface area contributed by atoms with Crippen LogP contribution in [0.5, 0.6) is 0 Å². The van der Waals surface area contributed by atoms with Crippen LogP contribution in [0.25, 0.3) is 0 Å². The average Bonchev–Trinajstić information content (AvgIpc) is 2.38. The minimum atomic E-state index is -4.37. The second kappa shape index (κ2) is 5.54. The Balaban J connectivity index is 2.27. The fourth-order valence-electron chi connectivity index (χ4n) is 2.91. The van der Waals surface area contributed by atoms with Crippen LogP contribution in [0.4, 0.5) is 24.5 Å². The van der Waals surface area contributed by atoms with Crippen LogP contribution in [0, 0.1) is 5.92 Å². The molecule has 20 heavy (non-hydrogen) atoms. The van der Waals surface area contributed by atoms with Crippen LogP contribution in [0.15, 0.2) is 18.2 Å². The zero-order valence-electron chi connectivity index (χ0n) is 11.9. The van der Waals surface area contributed by atoms with Gasteiger partial charge in [-0.25, -0.2) is 0 Å². The van der Waals surface area contributed by atoms with E-state index in [0.29, 0.717) is 5.92 Å². The Morgan fingerprint density at radius 3 is 2.30 bits per heavy atom. The lowest BCUT2D eigenvalue weighted by atomic mass is 9.86. The first-order valence-electron chi connectivity index (χ1n) is 6.98. The van der Waals surface area contributed by atoms with E-state index in [4.69, 9.17) is 5.73 Å². The molecule has 0 radical (unpaired) electrons. The van der Waals surface area contributed by atoms with Crippen molar-refractivity contribution in [2.24, 2.45) is 5.92 Å². The molecule has 1 aliphatic carbocycles. The van der Waals surface area contributed by atoms with E-state index in [1.54, 1.807) is 11.9 Å². The van der Waals surface area contributed by atoms with Crippen LogP contribution >= 0.6 is 0 Å². The summed E-state index contributed by atoms with van der Waals surface area (Å²) >= 11 is 0. The highest BCUT2D eigenvalue weighted by molar-refractivity contribution is 5.61. The number of nitrogens with two attached hydrogens (primary N) is 1. The van der Waals surface area contributed by atoms with Gasteiger partial charge in [0, 0.05) is 24.5 Å². The molecule has 0 aliphatic heterocycles. The van der Waals surface area contributed by atoms with Gasteiger partial charge in [0.05, 0.1) is 5.56 Å². The molecule has 1 aromatic rings. The Labute approximate surface area is 117 Å². The predicted molar refractivity (Wildman–Crippen MR) is 75.7 cm³/mol. The lowest BCUT2D eigenvalue weighted by Gasteiger charge is -2.36. The molecule has 0 saturated heterocycles. The normalized spacial score (nSPS) is 23.6. The molecule has 1 aromatic carbocycles. The zero-order chi connectivity index (χ0) is 14.9. The molecule has 0 bridgehead atoms. The lowest BCUT2D eigenvalue weighted by Crippen LogP contribution is -2.36. The third-order valence-electron chi connectivity index (χ3n) is 4.24. The average molecular weight is 286 g/mol. The number of halogens is 3. The highest BCUT2D eigenvalue weighted by Gasteiger charge is 2.36. The number of hydrogen-bond acceptors (Lipinski definition) is 2. The molecule has 2 nitrogen and oxygen atoms in total. The molecule has 2 rings (SSSR count). The molecule has 0 unspecified atom stereocenters. The van der Waals surface area contributed by atoms with Crippen LogP contribution in [0.3, 0.4) is 0 Å². The van der Waals surface area contributed by atoms with Crippen LogP contribution in [-0.4, -0.2) is 13.1 Å². The van der Waals surface area contributed by atoms with Gasteiger partial charge < -0.3 is 10.6 Å². The Kier molecular flexibility index (Phi) is 4.16. The van der Waals surface area contributed by atoms with Gasteiger partial charge in [-0.1, -0.05) is 6.92 Å². The van der Waals surface area contributed by atoms with Gasteiger partial charge in [-0.2, -0.15) is 13.2 Å². The van der Waals surface area contributed by atoms with Gasteiger partial charge >= 0.3 is 6.18 Å². The first kappa shape index (κ1) is 15.0. The van der Waals surface area contributed by atoms with Crippen molar-refractivity contribution >= 4 is 11.4 Å². The van der Waals surface area contributed by atoms with E-state index >= 15 is 0 Å². The summed E-state index contributed by atoms with van der Waals surface area (Å²) in [5.74, 6) is 0.674. The molecule has 1 aliphatic rings. The van der Waals surface area contributed by atoms with Crippen LogP contribution < -0.4 is 10.6 Å². The van der Waals surface area contributed by atoms with Gasteiger partial charge in [0.1, 0.15) is 0 Å². The predicted octanol–water partition coefficient (Wildman–Crippen LogP) is 4.30. The summed E-state index contributed by atoms with van der Waals surface area (Å²) in [5.41, 5.74) is 5.24. The van der Waals surface area contributed by atoms with E-state index < -0.39 is 11.7 Å². The standard InChI is InChI=1S/C15H21F3N2/c1-10-3-6-12(7-4-10)20(2)14-8-5-11(19)9-13(14)15(16,17)18/h5,8-10,12H,3-4,6-7,19H2,1-2H3. The summed E-state index contributed by atoms with van der Waals surface area (Å²) in [7, 11) is 1.75. The molecule has 0 aromatic heterocycles. The second-order valence-electron chi connectivity index (χ2n) is 5.80. The number of anilines is 2. The maximum Gasteiger partial charge on any atom is 0.418 e. The Bertz CT molecular complexity index is 463. The summed E-state index contributed by atoms with van der Waals surface area (Å²) in [5, 5.41) is 0. The van der Waals surface area contributed by atoms with Crippen LogP contribution in [0.2, 0.25) is 0 Å². The monoisotopic (exact) mass is 286 g/mol. The van der Waals surface area contributed by atoms with Crippen molar-refractivity contribution in [3.05, 3.63) is 23.8 Å². The largest absolute Gasteiger partial charge is 0.418 e. The number of hydrogen-bond donors (Lipinski definition) is 1. The van der Waals surface area contributed by atoms with Crippen molar-refractivity contribution in [3.8, 4) is 0 Å². The Morgan fingerprint density at radius 2 is 1.75 bits per heavy atom. The van der Waals surface area contributed by atoms with Crippen molar-refractivity contribution in [3.63, 3.8) is 0 Å². The van der Waals surface area contributed by atoms with Gasteiger partial charge in [-0.05, 0) is 49.8 Å². The number of benzene rings is 1. The maximum atomic E-state index is 13.1. The van der Waals surface area contributed by atoms with E-state index in [1.165, 1.54) is 12.1 Å². The second-order valence-corrected chi connectivity index (χ2v) is 5.80. The van der Waals surface area contributed by atoms with E-state index in [1.807, 2.05) is 0 Å². The molecule has 1 saturated carbocycles. The Morgan fingerprint density at radius 1 is 1.15 bits per heavy atom. The third-order valence-corrected chi connectivity index (χ3v) is 4.24. The summed E-state index contributed by atoms with van der Waals surface area (Å²) in [6.45, 7) is 2.20. The van der Waals surface area contributed by atoms with Crippen molar-refractivity contribution < 1.29 is 13.2 Å². The Hall–Kier alpha value is -1.39. The minimum absolute atomic E-state index is 0.145. The SMILES string of the molecule is CC1CCC(N(C)c2ccc(N)cc2C(F)(F)F)CC1. The lowest BCUT2D eigenvalue weighted by molar-refractivity contribution is -0.137. The van der Waals surface area contributed by atoms with E-state index in [9.17, 15) is 13.2 Å². The van der Waals surface area contributed by atoms with Crippen molar-refractivity contribution in [2.75, 3.05) is 17.7 Å². The van der Waals surface area contributed by atoms with Gasteiger partial charge in [0.2, 0.25) is 0 Å². The van der Waals surface area contributed by atoms with Crippen LogP contribution in [-0.2, 0) is 6.18 Å². The summed E-state index contributed by atoms with van der Waals surface area (Å²) in [4.78, 5) is 1.77. The quantitative estimate of drug-likeness (QED) is 0.821. The first-order chi connectivity index (χ1) is 9.29. The summed E-state index contributed by atoms with van der Waals surface area (Å²) in [6.07, 6.45) is -0.337. The number of alkyl halides is 3. The molecule has 0 heterocycles. The highest BCUT2D eigenvalue weighted by Crippen LogP contribution is 2.39. The van der Waals surface area contributed by atoms with Crippen LogP contribution in [0.1, 0.15) is 38.2 Å². The third kappa shape index (κ3) is 3.19. The maximum absolute atomic E-state index is 13.1. The molecule has 0 amide bonds. The molecule has 112 valence electrons. The molecule has 1 fully saturated rings. The fraction of sp³-hybridized carbons (Fsp3) is 0.600. The fourth-order valence-corrected chi connectivity index (χ4v) is 2.91. The van der Waals surface area contributed by atoms with E-state index in [0.717, 1.165) is 31.7 Å². The molecule has 2 N–H and O–H groups in total. The van der Waals surface area contributed by atoms with Crippen molar-refractivity contribution in [2.45, 2.75) is 44.8 Å². The van der Waals surface area contributed by atoms with E-state index in [2.05, 4.69) is 6.92 Å². The first-order valence-corrected chi connectivity index (χ1v) is 6.98. The van der Waals surface area contributed by atoms with Gasteiger partial charge in [0.15, 0.2) is 0 Å². The number of rotatable bonds is 2. The zero-order valence-corrected chi connectivity index (χ0v) is 11.9. The minimum Gasteiger partial charge on any atom is -0.399 e. The summed E-state index contributed by atoms with van der Waals surface area (Å²) < 4.78 is 39.4. The molecular formula is C15H21F3N2. The van der Waals surface area contributed by atoms with Crippen molar-refractivity contribution in [1.82, 2.24) is 0 Å². The molecular weight excluding hydrogens is 265 g/mol. The van der Waals surface area contributed by atoms with Gasteiger partial charge in [-0.3, -0.25) is 0 Å². The molecule has 0 spiro atoms. The summed E-state index contributed by atoms with van der Waals surface area (Å²) in [6, 6.07) is 4.22. The van der Waals surface area contributed by atoms with E-state index in [-0.39, 0.29) is 17.4 Å².